The first-order chi connectivity index (χ1) is 9.70. The smallest absolute Gasteiger partial charge is 0.384 e. The Morgan fingerprint density at radius 1 is 0.905 bits per heavy atom. The molecule has 0 spiro atoms. The predicted octanol–water partition coefficient (Wildman–Crippen LogP) is 5.45. The molecule has 0 aliphatic rings. The van der Waals surface area contributed by atoms with Crippen LogP contribution in [0.25, 0.3) is 0 Å². The quantitative estimate of drug-likeness (QED) is 0.631. The van der Waals surface area contributed by atoms with Gasteiger partial charge < -0.3 is 5.11 Å². The summed E-state index contributed by atoms with van der Waals surface area (Å²) in [4.78, 5) is 0. The molecule has 2 rings (SSSR count). The molecule has 1 unspecified atom stereocenters. The van der Waals surface area contributed by atoms with Crippen molar-refractivity contribution in [3.05, 3.63) is 67.9 Å². The van der Waals surface area contributed by atoms with Crippen molar-refractivity contribution >= 4 is 31.9 Å². The minimum atomic E-state index is -4.81. The van der Waals surface area contributed by atoms with E-state index in [4.69, 9.17) is 0 Å². The summed E-state index contributed by atoms with van der Waals surface area (Å²) >= 11 is 6.50. The fourth-order valence-corrected chi connectivity index (χ4v) is 2.45. The van der Waals surface area contributed by atoms with Crippen LogP contribution in [0.15, 0.2) is 45.3 Å². The molecule has 1 nitrogen and oxygen atoms in total. The first-order valence-corrected chi connectivity index (χ1v) is 7.28. The van der Waals surface area contributed by atoms with Crippen molar-refractivity contribution < 1.29 is 22.7 Å². The predicted molar refractivity (Wildman–Crippen MR) is 77.3 cm³/mol. The number of hydrogen-bond donors (Lipinski definition) is 1. The minimum absolute atomic E-state index is 0.0297. The largest absolute Gasteiger partial charge is 0.419 e. The molecule has 1 atom stereocenters. The molecule has 0 saturated heterocycles. The van der Waals surface area contributed by atoms with Gasteiger partial charge in [-0.15, -0.1) is 0 Å². The molecule has 2 aromatic carbocycles. The average molecular weight is 428 g/mol. The van der Waals surface area contributed by atoms with Gasteiger partial charge in [-0.05, 0) is 67.3 Å². The molecule has 0 fully saturated rings. The molecule has 0 radical (unpaired) electrons. The van der Waals surface area contributed by atoms with Crippen LogP contribution in [0.1, 0.15) is 22.8 Å². The van der Waals surface area contributed by atoms with E-state index in [0.717, 1.165) is 10.5 Å². The fraction of sp³-hybridized carbons (Fsp3) is 0.143. The second-order valence-electron chi connectivity index (χ2n) is 4.31. The monoisotopic (exact) mass is 426 g/mol. The molecule has 21 heavy (non-hydrogen) atoms. The van der Waals surface area contributed by atoms with Crippen LogP contribution < -0.4 is 0 Å². The van der Waals surface area contributed by atoms with E-state index in [9.17, 15) is 22.7 Å². The van der Waals surface area contributed by atoms with Crippen LogP contribution in [0, 0.1) is 5.82 Å². The second kappa shape index (κ2) is 6.06. The van der Waals surface area contributed by atoms with Crippen molar-refractivity contribution in [2.24, 2.45) is 0 Å². The molecule has 2 aromatic rings. The van der Waals surface area contributed by atoms with Crippen LogP contribution in [0.5, 0.6) is 0 Å². The summed E-state index contributed by atoms with van der Waals surface area (Å²) in [5.74, 6) is -1.37. The van der Waals surface area contributed by atoms with Gasteiger partial charge in [-0.3, -0.25) is 0 Å². The Labute approximate surface area is 134 Å². The lowest BCUT2D eigenvalue weighted by Crippen LogP contribution is -2.10. The van der Waals surface area contributed by atoms with Gasteiger partial charge in [-0.1, -0.05) is 12.1 Å². The molecule has 0 heterocycles. The van der Waals surface area contributed by atoms with E-state index >= 15 is 0 Å². The number of aliphatic hydroxyl groups excluding tert-OH is 1. The highest BCUT2D eigenvalue weighted by Crippen LogP contribution is 2.35. The van der Waals surface area contributed by atoms with Crippen LogP contribution in [0.4, 0.5) is 17.6 Å². The van der Waals surface area contributed by atoms with Gasteiger partial charge in [-0.25, -0.2) is 4.39 Å². The van der Waals surface area contributed by atoms with Gasteiger partial charge in [0, 0.05) is 8.95 Å². The molecule has 0 aliphatic carbocycles. The summed E-state index contributed by atoms with van der Waals surface area (Å²) in [7, 11) is 0. The van der Waals surface area contributed by atoms with Crippen LogP contribution in [-0.4, -0.2) is 5.11 Å². The maximum absolute atomic E-state index is 13.2. The van der Waals surface area contributed by atoms with E-state index < -0.39 is 23.7 Å². The maximum atomic E-state index is 13.2. The minimum Gasteiger partial charge on any atom is -0.384 e. The number of hydrogen-bond acceptors (Lipinski definition) is 1. The summed E-state index contributed by atoms with van der Waals surface area (Å²) in [6.07, 6.45) is -6.09. The van der Waals surface area contributed by atoms with E-state index in [-0.39, 0.29) is 5.56 Å². The first-order valence-electron chi connectivity index (χ1n) is 5.70. The van der Waals surface area contributed by atoms with Crippen LogP contribution in [0.3, 0.4) is 0 Å². The lowest BCUT2D eigenvalue weighted by atomic mass is 9.99. The summed E-state index contributed by atoms with van der Waals surface area (Å²) in [5.41, 5.74) is -1.03. The molecule has 1 N–H and O–H groups in total. The summed E-state index contributed by atoms with van der Waals surface area (Å²) in [6, 6.07) is 7.24. The van der Waals surface area contributed by atoms with Crippen molar-refractivity contribution in [3.8, 4) is 0 Å². The standard InChI is InChI=1S/C14H8Br2F4O/c15-10-3-1-8(6-11(10)16)13(21)7-2-4-12(17)9(5-7)14(18,19)20/h1-6,13,21H. The Morgan fingerprint density at radius 3 is 2.05 bits per heavy atom. The highest BCUT2D eigenvalue weighted by Gasteiger charge is 2.34. The molecule has 0 bridgehead atoms. The van der Waals surface area contributed by atoms with Crippen LogP contribution in [0.2, 0.25) is 0 Å². The highest BCUT2D eigenvalue weighted by molar-refractivity contribution is 9.13. The van der Waals surface area contributed by atoms with E-state index in [2.05, 4.69) is 31.9 Å². The number of benzene rings is 2. The van der Waals surface area contributed by atoms with Gasteiger partial charge >= 0.3 is 6.18 Å². The third-order valence-electron chi connectivity index (χ3n) is 2.87. The van der Waals surface area contributed by atoms with Crippen LogP contribution >= 0.6 is 31.9 Å². The Morgan fingerprint density at radius 2 is 1.48 bits per heavy atom. The number of alkyl halides is 3. The summed E-state index contributed by atoms with van der Waals surface area (Å²) in [5, 5.41) is 10.2. The Kier molecular flexibility index (Phi) is 4.75. The SMILES string of the molecule is OC(c1ccc(Br)c(Br)c1)c1ccc(F)c(C(F)(F)F)c1. The van der Waals surface area contributed by atoms with E-state index in [1.165, 1.54) is 0 Å². The van der Waals surface area contributed by atoms with Crippen molar-refractivity contribution in [1.29, 1.82) is 0 Å². The molecule has 0 aromatic heterocycles. The molecular formula is C14H8Br2F4O. The molecule has 0 saturated carbocycles. The first kappa shape index (κ1) is 16.5. The summed E-state index contributed by atoms with van der Waals surface area (Å²) in [6.45, 7) is 0. The van der Waals surface area contributed by atoms with Gasteiger partial charge in [-0.2, -0.15) is 13.2 Å². The zero-order chi connectivity index (χ0) is 15.8. The lowest BCUT2D eigenvalue weighted by Gasteiger charge is -2.15. The van der Waals surface area contributed by atoms with Crippen molar-refractivity contribution in [2.45, 2.75) is 12.3 Å². The van der Waals surface area contributed by atoms with Gasteiger partial charge in [0.1, 0.15) is 11.9 Å². The highest BCUT2D eigenvalue weighted by atomic mass is 79.9. The molecule has 0 aliphatic heterocycles. The fourth-order valence-electron chi connectivity index (χ4n) is 1.81. The van der Waals surface area contributed by atoms with Crippen molar-refractivity contribution in [3.63, 3.8) is 0 Å². The number of rotatable bonds is 2. The number of aliphatic hydroxyl groups is 1. The third kappa shape index (κ3) is 3.64. The lowest BCUT2D eigenvalue weighted by molar-refractivity contribution is -0.140. The van der Waals surface area contributed by atoms with Gasteiger partial charge in [0.2, 0.25) is 0 Å². The van der Waals surface area contributed by atoms with E-state index in [0.29, 0.717) is 22.2 Å². The van der Waals surface area contributed by atoms with Crippen LogP contribution in [-0.2, 0) is 6.18 Å². The molecular weight excluding hydrogens is 420 g/mol. The topological polar surface area (TPSA) is 20.2 Å². The van der Waals surface area contributed by atoms with Gasteiger partial charge in [0.15, 0.2) is 0 Å². The zero-order valence-electron chi connectivity index (χ0n) is 10.3. The van der Waals surface area contributed by atoms with Gasteiger partial charge in [0.25, 0.3) is 0 Å². The maximum Gasteiger partial charge on any atom is 0.419 e. The van der Waals surface area contributed by atoms with E-state index in [1.807, 2.05) is 0 Å². The molecule has 112 valence electrons. The third-order valence-corrected chi connectivity index (χ3v) is 4.75. The number of halogens is 6. The zero-order valence-corrected chi connectivity index (χ0v) is 13.4. The Bertz CT molecular complexity index is 671. The average Bonchev–Trinajstić information content (AvgIpc) is 2.40. The van der Waals surface area contributed by atoms with Crippen molar-refractivity contribution in [1.82, 2.24) is 0 Å². The van der Waals surface area contributed by atoms with Crippen molar-refractivity contribution in [2.75, 3.05) is 0 Å². The Balaban J connectivity index is 2.44. The molecule has 7 heteroatoms. The summed E-state index contributed by atoms with van der Waals surface area (Å²) < 4.78 is 52.7. The normalized spacial score (nSPS) is 13.3. The Hall–Kier alpha value is -0.920. The van der Waals surface area contributed by atoms with E-state index in [1.54, 1.807) is 18.2 Å². The van der Waals surface area contributed by atoms with Gasteiger partial charge in [0.05, 0.1) is 5.56 Å². The second-order valence-corrected chi connectivity index (χ2v) is 6.02. The molecule has 0 amide bonds.